The first-order valence-corrected chi connectivity index (χ1v) is 13.2. The fourth-order valence-corrected chi connectivity index (χ4v) is 5.23. The van der Waals surface area contributed by atoms with E-state index in [1.165, 1.54) is 18.2 Å². The third-order valence-electron chi connectivity index (χ3n) is 7.18. The van der Waals surface area contributed by atoms with Crippen LogP contribution in [0.5, 0.6) is 0 Å². The van der Waals surface area contributed by atoms with Gasteiger partial charge < -0.3 is 19.9 Å². The van der Waals surface area contributed by atoms with Gasteiger partial charge in [0.25, 0.3) is 5.69 Å². The van der Waals surface area contributed by atoms with Crippen LogP contribution in [-0.4, -0.2) is 59.7 Å². The van der Waals surface area contributed by atoms with Crippen molar-refractivity contribution in [1.82, 2.24) is 4.90 Å². The van der Waals surface area contributed by atoms with Gasteiger partial charge >= 0.3 is 12.4 Å². The largest absolute Gasteiger partial charge is 0.423 e. The van der Waals surface area contributed by atoms with E-state index in [0.717, 1.165) is 30.0 Å². The fourth-order valence-electron chi connectivity index (χ4n) is 4.98. The highest BCUT2D eigenvalue weighted by molar-refractivity contribution is 7.80. The number of thiocarbonyl (C=S) groups is 1. The predicted octanol–water partition coefficient (Wildman–Crippen LogP) is 6.52. The van der Waals surface area contributed by atoms with Crippen LogP contribution >= 0.6 is 12.2 Å². The second-order valence-corrected chi connectivity index (χ2v) is 10.3. The van der Waals surface area contributed by atoms with E-state index >= 15 is 0 Å². The van der Waals surface area contributed by atoms with Crippen molar-refractivity contribution in [1.29, 1.82) is 0 Å². The van der Waals surface area contributed by atoms with Crippen molar-refractivity contribution in [2.24, 2.45) is 0 Å². The molecule has 1 aliphatic carbocycles. The Balaban J connectivity index is 1.19. The zero-order valence-corrected chi connectivity index (χ0v) is 22.1. The maximum absolute atomic E-state index is 13.2. The minimum atomic E-state index is -4.83. The van der Waals surface area contributed by atoms with E-state index in [1.807, 2.05) is 9.80 Å². The Labute approximate surface area is 232 Å². The summed E-state index contributed by atoms with van der Waals surface area (Å²) in [5.74, 6) is 0. The molecule has 0 aromatic heterocycles. The molecule has 2 aliphatic rings. The molecule has 40 heavy (non-hydrogen) atoms. The number of rotatable bonds is 7. The van der Waals surface area contributed by atoms with Crippen LogP contribution in [0.15, 0.2) is 42.5 Å². The van der Waals surface area contributed by atoms with E-state index in [2.05, 4.69) is 5.32 Å². The van der Waals surface area contributed by atoms with Crippen molar-refractivity contribution in [3.8, 4) is 0 Å². The number of nitrogens with zero attached hydrogens (tertiary/aromatic N) is 3. The maximum atomic E-state index is 13.2. The van der Waals surface area contributed by atoms with E-state index < -0.39 is 34.1 Å². The molecule has 1 N–H and O–H groups in total. The minimum absolute atomic E-state index is 0.0490. The van der Waals surface area contributed by atoms with Crippen molar-refractivity contribution in [2.45, 2.75) is 50.2 Å². The maximum Gasteiger partial charge on any atom is 0.423 e. The number of ether oxygens (including phenoxy) is 1. The Bertz CT molecular complexity index is 1190. The van der Waals surface area contributed by atoms with Gasteiger partial charge in [-0.2, -0.15) is 26.3 Å². The molecule has 2 aromatic carbocycles. The number of benzene rings is 2. The van der Waals surface area contributed by atoms with Crippen LogP contribution in [0.4, 0.5) is 43.4 Å². The third kappa shape index (κ3) is 7.53. The molecule has 7 nitrogen and oxygen atoms in total. The van der Waals surface area contributed by atoms with E-state index in [-0.39, 0.29) is 24.4 Å². The summed E-state index contributed by atoms with van der Waals surface area (Å²) >= 11 is 5.54. The monoisotopic (exact) mass is 590 g/mol. The first-order chi connectivity index (χ1) is 18.8. The Morgan fingerprint density at radius 2 is 1.57 bits per heavy atom. The lowest BCUT2D eigenvalue weighted by Gasteiger charge is -2.38. The smallest absolute Gasteiger partial charge is 0.382 e. The third-order valence-corrected chi connectivity index (χ3v) is 7.55. The van der Waals surface area contributed by atoms with Gasteiger partial charge in [-0.3, -0.25) is 10.1 Å². The lowest BCUT2D eigenvalue weighted by molar-refractivity contribution is -0.388. The lowest BCUT2D eigenvalue weighted by atomic mass is 9.92. The molecule has 1 saturated heterocycles. The van der Waals surface area contributed by atoms with Crippen molar-refractivity contribution in [3.05, 3.63) is 63.7 Å². The number of halogens is 6. The highest BCUT2D eigenvalue weighted by atomic mass is 32.1. The Morgan fingerprint density at radius 3 is 2.12 bits per heavy atom. The molecule has 0 atom stereocenters. The molecule has 2 fully saturated rings. The van der Waals surface area contributed by atoms with Crippen molar-refractivity contribution >= 4 is 34.3 Å². The molecule has 1 heterocycles. The van der Waals surface area contributed by atoms with Gasteiger partial charge in [-0.1, -0.05) is 12.2 Å². The van der Waals surface area contributed by atoms with Crippen LogP contribution in [0, 0.1) is 10.1 Å². The summed E-state index contributed by atoms with van der Waals surface area (Å²) in [6.45, 7) is 2.72. The topological polar surface area (TPSA) is 70.9 Å². The van der Waals surface area contributed by atoms with Crippen LogP contribution in [0.1, 0.15) is 36.8 Å². The van der Waals surface area contributed by atoms with Gasteiger partial charge in [-0.15, -0.1) is 0 Å². The fraction of sp³-hybridized carbons (Fsp3) is 0.500. The molecule has 1 aliphatic heterocycles. The highest BCUT2D eigenvalue weighted by Crippen LogP contribution is 2.38. The van der Waals surface area contributed by atoms with E-state index in [4.69, 9.17) is 17.0 Å². The SMILES string of the molecule is O=[N+]([O-])c1ccc(NC2CCC(OCC(=S)N3CCN(c4ccc(C(F)(F)F)cc4)CC3)CC2)cc1C(F)(F)F. The van der Waals surface area contributed by atoms with Crippen LogP contribution in [0.2, 0.25) is 0 Å². The summed E-state index contributed by atoms with van der Waals surface area (Å²) in [4.78, 5) is 14.6. The van der Waals surface area contributed by atoms with Gasteiger partial charge in [0, 0.05) is 49.7 Å². The van der Waals surface area contributed by atoms with Crippen LogP contribution in [0.3, 0.4) is 0 Å². The number of piperazine rings is 1. The first-order valence-electron chi connectivity index (χ1n) is 12.7. The Kier molecular flexibility index (Phi) is 9.08. The number of nitro benzene ring substituents is 1. The molecular formula is C26H28F6N4O3S. The summed E-state index contributed by atoms with van der Waals surface area (Å²) in [6.07, 6.45) is -6.58. The second-order valence-electron chi connectivity index (χ2n) is 9.83. The number of nitrogens with one attached hydrogen (secondary N) is 1. The molecular weight excluding hydrogens is 562 g/mol. The molecule has 0 spiro atoms. The number of hydrogen-bond acceptors (Lipinski definition) is 6. The van der Waals surface area contributed by atoms with Crippen molar-refractivity contribution < 1.29 is 36.0 Å². The summed E-state index contributed by atoms with van der Waals surface area (Å²) in [7, 11) is 0. The molecule has 0 radical (unpaired) electrons. The summed E-state index contributed by atoms with van der Waals surface area (Å²) in [5.41, 5.74) is -2.04. The predicted molar refractivity (Wildman–Crippen MR) is 142 cm³/mol. The quantitative estimate of drug-likeness (QED) is 0.170. The number of hydrogen-bond donors (Lipinski definition) is 1. The highest BCUT2D eigenvalue weighted by Gasteiger charge is 2.38. The van der Waals surface area contributed by atoms with E-state index in [1.54, 1.807) is 0 Å². The minimum Gasteiger partial charge on any atom is -0.382 e. The molecule has 0 bridgehead atoms. The van der Waals surface area contributed by atoms with Crippen LogP contribution in [0.25, 0.3) is 0 Å². The molecule has 218 valence electrons. The first kappa shape index (κ1) is 29.8. The summed E-state index contributed by atoms with van der Waals surface area (Å²) in [6, 6.07) is 7.94. The second kappa shape index (κ2) is 12.2. The molecule has 0 amide bonds. The van der Waals surface area contributed by atoms with Gasteiger partial charge in [0.05, 0.1) is 23.2 Å². The summed E-state index contributed by atoms with van der Waals surface area (Å²) in [5, 5.41) is 14.0. The van der Waals surface area contributed by atoms with Crippen LogP contribution < -0.4 is 10.2 Å². The van der Waals surface area contributed by atoms with E-state index in [9.17, 15) is 36.5 Å². The Morgan fingerprint density at radius 1 is 0.950 bits per heavy atom. The zero-order valence-electron chi connectivity index (χ0n) is 21.3. The number of anilines is 2. The molecule has 2 aromatic rings. The molecule has 1 saturated carbocycles. The van der Waals surface area contributed by atoms with Gasteiger partial charge in [-0.25, -0.2) is 0 Å². The average Bonchev–Trinajstić information content (AvgIpc) is 2.91. The average molecular weight is 591 g/mol. The van der Waals surface area contributed by atoms with Gasteiger partial charge in [0.15, 0.2) is 0 Å². The number of nitro groups is 1. The molecule has 0 unspecified atom stereocenters. The van der Waals surface area contributed by atoms with Gasteiger partial charge in [0.1, 0.15) is 10.6 Å². The standard InChI is InChI=1S/C26H28F6N4O3S/c27-25(28,29)17-1-6-20(7-2-17)34-11-13-35(14-12-34)24(40)16-39-21-8-3-18(4-9-21)33-19-5-10-23(36(37)38)22(15-19)26(30,31)32/h1-2,5-7,10,15,18,21,33H,3-4,8-9,11-14,16H2. The van der Waals surface area contributed by atoms with Gasteiger partial charge in [0.2, 0.25) is 0 Å². The van der Waals surface area contributed by atoms with E-state index in [0.29, 0.717) is 56.9 Å². The number of alkyl halides is 6. The molecule has 4 rings (SSSR count). The normalized spacial score (nSPS) is 20.4. The summed E-state index contributed by atoms with van der Waals surface area (Å²) < 4.78 is 84.1. The van der Waals surface area contributed by atoms with Crippen molar-refractivity contribution in [3.63, 3.8) is 0 Å². The zero-order chi connectivity index (χ0) is 29.1. The lowest BCUT2D eigenvalue weighted by Crippen LogP contribution is -2.49. The van der Waals surface area contributed by atoms with Gasteiger partial charge in [-0.05, 0) is 62.1 Å². The molecule has 14 heteroatoms. The van der Waals surface area contributed by atoms with Crippen LogP contribution in [-0.2, 0) is 17.1 Å². The van der Waals surface area contributed by atoms with Crippen molar-refractivity contribution in [2.75, 3.05) is 43.0 Å². The Hall–Kier alpha value is -3.13.